The van der Waals surface area contributed by atoms with E-state index in [1.165, 1.54) is 25.0 Å². The van der Waals surface area contributed by atoms with Crippen molar-refractivity contribution in [3.05, 3.63) is 18.0 Å². The molecule has 3 heteroatoms. The molecule has 0 amide bonds. The Morgan fingerprint density at radius 1 is 1.62 bits per heavy atom. The quantitative estimate of drug-likeness (QED) is 0.750. The van der Waals surface area contributed by atoms with Gasteiger partial charge in [-0.3, -0.25) is 4.68 Å². The highest BCUT2D eigenvalue weighted by atomic mass is 15.2. The number of hydrogen-bond donors (Lipinski definition) is 1. The summed E-state index contributed by atoms with van der Waals surface area (Å²) in [5.41, 5.74) is 1.19. The van der Waals surface area contributed by atoms with Crippen molar-refractivity contribution < 1.29 is 0 Å². The second-order valence-corrected chi connectivity index (χ2v) is 3.81. The highest BCUT2D eigenvalue weighted by Crippen LogP contribution is 2.17. The summed E-state index contributed by atoms with van der Waals surface area (Å²) in [7, 11) is 1.96. The summed E-state index contributed by atoms with van der Waals surface area (Å²) in [4.78, 5) is 0. The third kappa shape index (κ3) is 2.31. The predicted octanol–water partition coefficient (Wildman–Crippen LogP) is 1.10. The molecule has 1 aliphatic carbocycles. The summed E-state index contributed by atoms with van der Waals surface area (Å²) in [5, 5.41) is 7.86. The number of rotatable bonds is 4. The zero-order valence-electron chi connectivity index (χ0n) is 8.16. The van der Waals surface area contributed by atoms with E-state index in [1.807, 2.05) is 17.9 Å². The summed E-state index contributed by atoms with van der Waals surface area (Å²) in [6, 6.07) is 2.88. The first-order chi connectivity index (χ1) is 6.34. The molecule has 0 aliphatic heterocycles. The molecule has 0 atom stereocenters. The van der Waals surface area contributed by atoms with E-state index in [0.29, 0.717) is 0 Å². The molecule has 0 spiro atoms. The van der Waals surface area contributed by atoms with Crippen LogP contribution >= 0.6 is 0 Å². The fourth-order valence-corrected chi connectivity index (χ4v) is 1.61. The second-order valence-electron chi connectivity index (χ2n) is 3.81. The maximum Gasteiger partial charge on any atom is 0.0637 e. The average Bonchev–Trinajstić information content (AvgIpc) is 2.42. The molecule has 1 aromatic heterocycles. The van der Waals surface area contributed by atoms with E-state index in [2.05, 4.69) is 16.5 Å². The van der Waals surface area contributed by atoms with Crippen molar-refractivity contribution in [2.45, 2.75) is 31.7 Å². The number of nitrogens with zero attached hydrogens (tertiary/aromatic N) is 2. The van der Waals surface area contributed by atoms with Gasteiger partial charge in [-0.15, -0.1) is 0 Å². The molecule has 2 rings (SSSR count). The third-order valence-corrected chi connectivity index (χ3v) is 2.69. The normalized spacial score (nSPS) is 17.3. The van der Waals surface area contributed by atoms with Crippen molar-refractivity contribution in [3.63, 3.8) is 0 Å². The van der Waals surface area contributed by atoms with Crippen LogP contribution in [0.15, 0.2) is 12.3 Å². The molecule has 13 heavy (non-hydrogen) atoms. The minimum Gasteiger partial charge on any atom is -0.314 e. The summed E-state index contributed by atoms with van der Waals surface area (Å²) in [6.07, 6.45) is 7.18. The molecule has 0 saturated heterocycles. The number of aromatic nitrogens is 2. The second kappa shape index (κ2) is 3.92. The Morgan fingerprint density at radius 2 is 2.46 bits per heavy atom. The van der Waals surface area contributed by atoms with Gasteiger partial charge in [0.1, 0.15) is 0 Å². The van der Waals surface area contributed by atoms with Crippen LogP contribution in [0.3, 0.4) is 0 Å². The van der Waals surface area contributed by atoms with Gasteiger partial charge in [-0.05, 0) is 18.9 Å². The lowest BCUT2D eigenvalue weighted by atomic mass is 9.93. The van der Waals surface area contributed by atoms with Crippen LogP contribution in [0, 0.1) is 0 Å². The SMILES string of the molecule is Cn1ccc(CCNC2CCC2)n1. The third-order valence-electron chi connectivity index (χ3n) is 2.69. The Balaban J connectivity index is 1.67. The van der Waals surface area contributed by atoms with E-state index in [0.717, 1.165) is 19.0 Å². The van der Waals surface area contributed by atoms with E-state index < -0.39 is 0 Å². The minimum atomic E-state index is 0.795. The maximum absolute atomic E-state index is 4.33. The standard InChI is InChI=1S/C10H17N3/c1-13-8-6-10(12-13)5-7-11-9-3-2-4-9/h6,8-9,11H,2-5,7H2,1H3. The van der Waals surface area contributed by atoms with Gasteiger partial charge in [-0.25, -0.2) is 0 Å². The van der Waals surface area contributed by atoms with Gasteiger partial charge in [0.05, 0.1) is 5.69 Å². The van der Waals surface area contributed by atoms with Crippen molar-refractivity contribution in [3.8, 4) is 0 Å². The molecule has 0 aromatic carbocycles. The molecule has 1 aromatic rings. The van der Waals surface area contributed by atoms with E-state index in [4.69, 9.17) is 0 Å². The summed E-state index contributed by atoms with van der Waals surface area (Å²) in [5.74, 6) is 0. The molecule has 3 nitrogen and oxygen atoms in total. The zero-order chi connectivity index (χ0) is 9.10. The molecular formula is C10H17N3. The van der Waals surface area contributed by atoms with Crippen LogP contribution in [0.2, 0.25) is 0 Å². The van der Waals surface area contributed by atoms with Crippen LogP contribution in [0.25, 0.3) is 0 Å². The van der Waals surface area contributed by atoms with Crippen molar-refractivity contribution in [1.29, 1.82) is 0 Å². The van der Waals surface area contributed by atoms with Crippen LogP contribution in [0.5, 0.6) is 0 Å². The van der Waals surface area contributed by atoms with Crippen LogP contribution in [0.1, 0.15) is 25.0 Å². The molecule has 0 radical (unpaired) electrons. The minimum absolute atomic E-state index is 0.795. The molecule has 1 heterocycles. The van der Waals surface area contributed by atoms with Crippen LogP contribution in [-0.4, -0.2) is 22.4 Å². The Morgan fingerprint density at radius 3 is 3.00 bits per heavy atom. The molecule has 1 fully saturated rings. The first kappa shape index (κ1) is 8.75. The van der Waals surface area contributed by atoms with Gasteiger partial charge < -0.3 is 5.32 Å². The molecular weight excluding hydrogens is 162 g/mol. The molecule has 0 unspecified atom stereocenters. The molecule has 72 valence electrons. The lowest BCUT2D eigenvalue weighted by Gasteiger charge is -2.26. The predicted molar refractivity (Wildman–Crippen MR) is 52.6 cm³/mol. The fourth-order valence-electron chi connectivity index (χ4n) is 1.61. The van der Waals surface area contributed by atoms with Gasteiger partial charge in [0.25, 0.3) is 0 Å². The van der Waals surface area contributed by atoms with Gasteiger partial charge in [0.15, 0.2) is 0 Å². The molecule has 1 N–H and O–H groups in total. The Kier molecular flexibility index (Phi) is 2.64. The van der Waals surface area contributed by atoms with Crippen molar-refractivity contribution in [2.75, 3.05) is 6.54 Å². The zero-order valence-corrected chi connectivity index (χ0v) is 8.16. The number of hydrogen-bond acceptors (Lipinski definition) is 2. The Hall–Kier alpha value is -0.830. The van der Waals surface area contributed by atoms with E-state index in [1.54, 1.807) is 0 Å². The average molecular weight is 179 g/mol. The highest BCUT2D eigenvalue weighted by Gasteiger charge is 2.15. The first-order valence-corrected chi connectivity index (χ1v) is 5.06. The van der Waals surface area contributed by atoms with Gasteiger partial charge >= 0.3 is 0 Å². The fraction of sp³-hybridized carbons (Fsp3) is 0.700. The van der Waals surface area contributed by atoms with Crippen LogP contribution in [0.4, 0.5) is 0 Å². The molecule has 1 saturated carbocycles. The number of aryl methyl sites for hydroxylation is 1. The monoisotopic (exact) mass is 179 g/mol. The topological polar surface area (TPSA) is 29.9 Å². The number of nitrogens with one attached hydrogen (secondary N) is 1. The van der Waals surface area contributed by atoms with E-state index >= 15 is 0 Å². The highest BCUT2D eigenvalue weighted by molar-refractivity contribution is 4.99. The molecule has 0 bridgehead atoms. The summed E-state index contributed by atoms with van der Waals surface area (Å²) in [6.45, 7) is 1.07. The Bertz CT molecular complexity index is 263. The maximum atomic E-state index is 4.33. The summed E-state index contributed by atoms with van der Waals surface area (Å²) < 4.78 is 1.86. The lowest BCUT2D eigenvalue weighted by molar-refractivity contribution is 0.341. The summed E-state index contributed by atoms with van der Waals surface area (Å²) >= 11 is 0. The van der Waals surface area contributed by atoms with Crippen LogP contribution < -0.4 is 5.32 Å². The van der Waals surface area contributed by atoms with Gasteiger partial charge in [-0.1, -0.05) is 6.42 Å². The largest absolute Gasteiger partial charge is 0.314 e. The Labute approximate surface area is 79.1 Å². The van der Waals surface area contributed by atoms with Crippen molar-refractivity contribution in [1.82, 2.24) is 15.1 Å². The van der Waals surface area contributed by atoms with Gasteiger partial charge in [0, 0.05) is 32.3 Å². The van der Waals surface area contributed by atoms with Gasteiger partial charge in [0.2, 0.25) is 0 Å². The van der Waals surface area contributed by atoms with Crippen molar-refractivity contribution in [2.24, 2.45) is 7.05 Å². The van der Waals surface area contributed by atoms with E-state index in [-0.39, 0.29) is 0 Å². The van der Waals surface area contributed by atoms with Crippen LogP contribution in [-0.2, 0) is 13.5 Å². The smallest absolute Gasteiger partial charge is 0.0637 e. The first-order valence-electron chi connectivity index (χ1n) is 5.06. The molecule has 1 aliphatic rings. The van der Waals surface area contributed by atoms with E-state index in [9.17, 15) is 0 Å². The lowest BCUT2D eigenvalue weighted by Crippen LogP contribution is -2.36. The van der Waals surface area contributed by atoms with Crippen molar-refractivity contribution >= 4 is 0 Å². The van der Waals surface area contributed by atoms with Gasteiger partial charge in [-0.2, -0.15) is 5.10 Å².